The Bertz CT molecular complexity index is 783. The fraction of sp³-hybridized carbons (Fsp3) is 0.350. The highest BCUT2D eigenvalue weighted by atomic mass is 35.5. The van der Waals surface area contributed by atoms with Crippen LogP contribution in [0.4, 0.5) is 0 Å². The Labute approximate surface area is 178 Å². The van der Waals surface area contributed by atoms with Gasteiger partial charge in [0.05, 0.1) is 13.0 Å². The van der Waals surface area contributed by atoms with Crippen molar-refractivity contribution in [3.8, 4) is 5.75 Å². The minimum Gasteiger partial charge on any atom is -0.489 e. The van der Waals surface area contributed by atoms with Crippen molar-refractivity contribution in [1.29, 1.82) is 0 Å². The zero-order chi connectivity index (χ0) is 19.9. The Kier molecular flexibility index (Phi) is 7.88. The van der Waals surface area contributed by atoms with Crippen LogP contribution in [-0.2, 0) is 16.1 Å². The Balaban J connectivity index is 1.51. The molecule has 3 rings (SSSR count). The first-order chi connectivity index (χ1) is 13.5. The summed E-state index contributed by atoms with van der Waals surface area (Å²) in [5, 5.41) is 10.00. The SMILES string of the molecule is O=C(O)CCN1CCOC(Sc2ccc(OCc3c(Cl)cccc3Cl)cc2)C1. The molecule has 2 aromatic carbocycles. The lowest BCUT2D eigenvalue weighted by molar-refractivity contribution is -0.137. The highest BCUT2D eigenvalue weighted by Crippen LogP contribution is 2.29. The summed E-state index contributed by atoms with van der Waals surface area (Å²) < 4.78 is 11.6. The van der Waals surface area contributed by atoms with E-state index in [9.17, 15) is 4.79 Å². The Morgan fingerprint density at radius 2 is 1.93 bits per heavy atom. The van der Waals surface area contributed by atoms with Crippen molar-refractivity contribution in [3.05, 3.63) is 58.1 Å². The van der Waals surface area contributed by atoms with Gasteiger partial charge in [-0.15, -0.1) is 0 Å². The second kappa shape index (κ2) is 10.4. The highest BCUT2D eigenvalue weighted by Gasteiger charge is 2.21. The zero-order valence-corrected chi connectivity index (χ0v) is 17.5. The maximum absolute atomic E-state index is 10.7. The third-order valence-electron chi connectivity index (χ3n) is 4.30. The van der Waals surface area contributed by atoms with Crippen molar-refractivity contribution in [3.63, 3.8) is 0 Å². The standard InChI is InChI=1S/C20H21Cl2NO4S/c21-17-2-1-3-18(22)16(17)13-27-14-4-6-15(7-5-14)28-20-12-23(10-11-26-20)9-8-19(24)25/h1-7,20H,8-13H2,(H,24,25). The summed E-state index contributed by atoms with van der Waals surface area (Å²) >= 11 is 13.9. The van der Waals surface area contributed by atoms with E-state index >= 15 is 0 Å². The van der Waals surface area contributed by atoms with Crippen LogP contribution in [0.1, 0.15) is 12.0 Å². The second-order valence-corrected chi connectivity index (χ2v) is 8.37. The molecular formula is C20H21Cl2NO4S. The first kappa shape index (κ1) is 21.3. The number of carboxylic acids is 1. The summed E-state index contributed by atoms with van der Waals surface area (Å²) in [5.74, 6) is -0.0441. The van der Waals surface area contributed by atoms with Crippen LogP contribution in [0.5, 0.6) is 5.75 Å². The molecule has 0 amide bonds. The number of hydrogen-bond acceptors (Lipinski definition) is 5. The maximum atomic E-state index is 10.7. The minimum atomic E-state index is -0.774. The molecule has 1 aliphatic heterocycles. The van der Waals surface area contributed by atoms with Crippen molar-refractivity contribution < 1.29 is 19.4 Å². The summed E-state index contributed by atoms with van der Waals surface area (Å²) in [7, 11) is 0. The van der Waals surface area contributed by atoms with Gasteiger partial charge in [-0.25, -0.2) is 0 Å². The molecule has 0 spiro atoms. The largest absolute Gasteiger partial charge is 0.489 e. The quantitative estimate of drug-likeness (QED) is 0.634. The predicted octanol–water partition coefficient (Wildman–Crippen LogP) is 4.80. The van der Waals surface area contributed by atoms with E-state index in [1.165, 1.54) is 0 Å². The van der Waals surface area contributed by atoms with Crippen LogP contribution in [0.25, 0.3) is 0 Å². The number of halogens is 2. The Hall–Kier alpha value is -1.44. The van der Waals surface area contributed by atoms with Crippen molar-refractivity contribution in [2.75, 3.05) is 26.2 Å². The van der Waals surface area contributed by atoms with Gasteiger partial charge in [-0.2, -0.15) is 0 Å². The molecule has 1 saturated heterocycles. The molecule has 0 bridgehead atoms. The first-order valence-corrected chi connectivity index (χ1v) is 10.5. The number of carbonyl (C=O) groups is 1. The van der Waals surface area contributed by atoms with Crippen LogP contribution in [-0.4, -0.2) is 47.7 Å². The van der Waals surface area contributed by atoms with Crippen LogP contribution in [0.2, 0.25) is 10.0 Å². The average molecular weight is 442 g/mol. The van der Waals surface area contributed by atoms with Crippen molar-refractivity contribution in [1.82, 2.24) is 4.90 Å². The smallest absolute Gasteiger partial charge is 0.304 e. The molecule has 1 atom stereocenters. The van der Waals surface area contributed by atoms with Gasteiger partial charge >= 0.3 is 5.97 Å². The summed E-state index contributed by atoms with van der Waals surface area (Å²) in [6, 6.07) is 13.1. The van der Waals surface area contributed by atoms with Gasteiger partial charge in [0.1, 0.15) is 17.8 Å². The van der Waals surface area contributed by atoms with E-state index < -0.39 is 5.97 Å². The molecule has 1 N–H and O–H groups in total. The molecular weight excluding hydrogens is 421 g/mol. The topological polar surface area (TPSA) is 59.0 Å². The monoisotopic (exact) mass is 441 g/mol. The molecule has 28 heavy (non-hydrogen) atoms. The van der Waals surface area contributed by atoms with Gasteiger partial charge in [0, 0.05) is 40.1 Å². The van der Waals surface area contributed by atoms with E-state index in [0.29, 0.717) is 36.3 Å². The van der Waals surface area contributed by atoms with Gasteiger partial charge in [0.25, 0.3) is 0 Å². The Morgan fingerprint density at radius 3 is 2.61 bits per heavy atom. The van der Waals surface area contributed by atoms with Crippen molar-refractivity contribution in [2.24, 2.45) is 0 Å². The van der Waals surface area contributed by atoms with Gasteiger partial charge in [-0.05, 0) is 36.4 Å². The van der Waals surface area contributed by atoms with Crippen LogP contribution in [0, 0.1) is 0 Å². The van der Waals surface area contributed by atoms with E-state index in [2.05, 4.69) is 4.90 Å². The number of hydrogen-bond donors (Lipinski definition) is 1. The molecule has 0 radical (unpaired) electrons. The second-order valence-electron chi connectivity index (χ2n) is 6.32. The number of nitrogens with zero attached hydrogens (tertiary/aromatic N) is 1. The molecule has 8 heteroatoms. The number of benzene rings is 2. The molecule has 0 aromatic heterocycles. The maximum Gasteiger partial charge on any atom is 0.304 e. The van der Waals surface area contributed by atoms with Gasteiger partial charge in [0.15, 0.2) is 0 Å². The lowest BCUT2D eigenvalue weighted by atomic mass is 10.2. The molecule has 5 nitrogen and oxygen atoms in total. The number of ether oxygens (including phenoxy) is 2. The van der Waals surface area contributed by atoms with Crippen LogP contribution >= 0.6 is 35.0 Å². The van der Waals surface area contributed by atoms with Crippen LogP contribution in [0.15, 0.2) is 47.4 Å². The molecule has 1 fully saturated rings. The van der Waals surface area contributed by atoms with Crippen LogP contribution < -0.4 is 4.74 Å². The highest BCUT2D eigenvalue weighted by molar-refractivity contribution is 7.99. The van der Waals surface area contributed by atoms with Gasteiger partial charge in [0.2, 0.25) is 0 Å². The summed E-state index contributed by atoms with van der Waals surface area (Å²) in [5.41, 5.74) is 0.748. The number of rotatable bonds is 8. The van der Waals surface area contributed by atoms with Gasteiger partial charge in [-0.3, -0.25) is 9.69 Å². The predicted molar refractivity (Wildman–Crippen MR) is 112 cm³/mol. The molecule has 0 saturated carbocycles. The van der Waals surface area contributed by atoms with E-state index in [0.717, 1.165) is 22.8 Å². The first-order valence-electron chi connectivity index (χ1n) is 8.89. The normalized spacial score (nSPS) is 17.4. The van der Waals surface area contributed by atoms with E-state index in [1.54, 1.807) is 30.0 Å². The van der Waals surface area contributed by atoms with E-state index in [4.69, 9.17) is 37.8 Å². The minimum absolute atomic E-state index is 0.0174. The molecule has 2 aromatic rings. The van der Waals surface area contributed by atoms with Crippen molar-refractivity contribution >= 4 is 40.9 Å². The fourth-order valence-electron chi connectivity index (χ4n) is 2.79. The summed E-state index contributed by atoms with van der Waals surface area (Å²) in [6.07, 6.45) is 0.152. The molecule has 0 aliphatic carbocycles. The van der Waals surface area contributed by atoms with Gasteiger partial charge < -0.3 is 14.6 Å². The van der Waals surface area contributed by atoms with Crippen molar-refractivity contribution in [2.45, 2.75) is 23.4 Å². The number of thioether (sulfide) groups is 1. The Morgan fingerprint density at radius 1 is 1.21 bits per heavy atom. The van der Waals surface area contributed by atoms with E-state index in [-0.39, 0.29) is 11.9 Å². The summed E-state index contributed by atoms with van der Waals surface area (Å²) in [4.78, 5) is 13.9. The van der Waals surface area contributed by atoms with Crippen LogP contribution in [0.3, 0.4) is 0 Å². The fourth-order valence-corrected chi connectivity index (χ4v) is 4.34. The summed E-state index contributed by atoms with van der Waals surface area (Å²) in [6.45, 7) is 2.93. The lowest BCUT2D eigenvalue weighted by Gasteiger charge is -2.32. The molecule has 1 unspecified atom stereocenters. The van der Waals surface area contributed by atoms with Gasteiger partial charge in [-0.1, -0.05) is 41.0 Å². The third kappa shape index (κ3) is 6.29. The lowest BCUT2D eigenvalue weighted by Crippen LogP contribution is -2.41. The molecule has 1 aliphatic rings. The number of carboxylic acid groups (broad SMARTS) is 1. The number of aliphatic carboxylic acids is 1. The molecule has 1 heterocycles. The van der Waals surface area contributed by atoms with E-state index in [1.807, 2.05) is 24.3 Å². The number of morpholine rings is 1. The average Bonchev–Trinajstić information content (AvgIpc) is 2.67. The molecule has 150 valence electrons. The zero-order valence-electron chi connectivity index (χ0n) is 15.1. The third-order valence-corrected chi connectivity index (χ3v) is 6.10.